The van der Waals surface area contributed by atoms with Crippen LogP contribution in [0.2, 0.25) is 0 Å². The molecule has 0 aliphatic carbocycles. The summed E-state index contributed by atoms with van der Waals surface area (Å²) >= 11 is 5.93. The highest BCUT2D eigenvalue weighted by Gasteiger charge is 2.04. The molecule has 2 aromatic rings. The summed E-state index contributed by atoms with van der Waals surface area (Å²) in [4.78, 5) is 0. The van der Waals surface area contributed by atoms with Gasteiger partial charge in [0.15, 0.2) is 0 Å². The first-order chi connectivity index (χ1) is 8.22. The van der Waals surface area contributed by atoms with Crippen molar-refractivity contribution in [1.82, 2.24) is 0 Å². The Morgan fingerprint density at radius 3 is 2.41 bits per heavy atom. The van der Waals surface area contributed by atoms with Crippen LogP contribution in [0.4, 0.5) is 11.4 Å². The van der Waals surface area contributed by atoms with Gasteiger partial charge in [-0.25, -0.2) is 0 Å². The second-order valence-corrected chi connectivity index (χ2v) is 4.43. The molecule has 0 spiro atoms. The predicted molar refractivity (Wildman–Crippen MR) is 75.2 cm³/mol. The van der Waals surface area contributed by atoms with Crippen molar-refractivity contribution in [2.75, 3.05) is 5.32 Å². The first-order valence-electron chi connectivity index (χ1n) is 5.69. The van der Waals surface area contributed by atoms with Gasteiger partial charge in [-0.05, 0) is 42.7 Å². The lowest BCUT2D eigenvalue weighted by molar-refractivity contribution is 1.31. The molecule has 2 rings (SSSR count). The summed E-state index contributed by atoms with van der Waals surface area (Å²) in [6.07, 6.45) is 0. The zero-order valence-electron chi connectivity index (χ0n) is 10.1. The topological polar surface area (TPSA) is 12.0 Å². The highest BCUT2D eigenvalue weighted by atomic mass is 35.5. The number of anilines is 2. The van der Waals surface area contributed by atoms with Gasteiger partial charge in [-0.2, -0.15) is 0 Å². The molecule has 2 aromatic carbocycles. The molecule has 88 valence electrons. The summed E-state index contributed by atoms with van der Waals surface area (Å²) in [6.45, 7) is 4.24. The van der Waals surface area contributed by atoms with E-state index in [4.69, 9.17) is 11.6 Å². The van der Waals surface area contributed by atoms with Crippen molar-refractivity contribution < 1.29 is 0 Å². The molecule has 0 aliphatic heterocycles. The maximum atomic E-state index is 5.93. The third-order valence-corrected chi connectivity index (χ3v) is 3.32. The zero-order chi connectivity index (χ0) is 12.3. The minimum Gasteiger partial charge on any atom is -0.355 e. The fourth-order valence-electron chi connectivity index (χ4n) is 1.79. The Balaban J connectivity index is 2.35. The van der Waals surface area contributed by atoms with Gasteiger partial charge in [0.1, 0.15) is 0 Å². The molecular formula is C15H16ClN. The molecule has 0 saturated carbocycles. The van der Waals surface area contributed by atoms with Crippen LogP contribution in [0.1, 0.15) is 16.7 Å². The number of para-hydroxylation sites is 1. The van der Waals surface area contributed by atoms with Crippen molar-refractivity contribution >= 4 is 23.0 Å². The lowest BCUT2D eigenvalue weighted by Gasteiger charge is -2.13. The molecule has 0 fully saturated rings. The first-order valence-corrected chi connectivity index (χ1v) is 6.23. The number of nitrogens with one attached hydrogen (secondary N) is 1. The van der Waals surface area contributed by atoms with E-state index in [-0.39, 0.29) is 0 Å². The Labute approximate surface area is 107 Å². The Morgan fingerprint density at radius 2 is 1.65 bits per heavy atom. The maximum absolute atomic E-state index is 5.93. The summed E-state index contributed by atoms with van der Waals surface area (Å²) < 4.78 is 0. The second-order valence-electron chi connectivity index (χ2n) is 4.16. The molecule has 0 bridgehead atoms. The summed E-state index contributed by atoms with van der Waals surface area (Å²) in [5.74, 6) is 0.522. The molecule has 2 heteroatoms. The van der Waals surface area contributed by atoms with Gasteiger partial charge in [0.2, 0.25) is 0 Å². The van der Waals surface area contributed by atoms with Crippen LogP contribution >= 0.6 is 11.6 Å². The third kappa shape index (κ3) is 2.62. The van der Waals surface area contributed by atoms with E-state index in [9.17, 15) is 0 Å². The van der Waals surface area contributed by atoms with Crippen molar-refractivity contribution in [3.63, 3.8) is 0 Å². The molecule has 0 amide bonds. The quantitative estimate of drug-likeness (QED) is 0.767. The third-order valence-electron chi connectivity index (χ3n) is 3.04. The molecule has 0 aliphatic rings. The number of alkyl halides is 1. The maximum Gasteiger partial charge on any atom is 0.0494 e. The van der Waals surface area contributed by atoms with E-state index in [1.165, 1.54) is 11.1 Å². The number of benzene rings is 2. The van der Waals surface area contributed by atoms with Crippen LogP contribution in [-0.4, -0.2) is 0 Å². The van der Waals surface area contributed by atoms with E-state index in [0.29, 0.717) is 5.88 Å². The minimum atomic E-state index is 0.522. The molecule has 0 unspecified atom stereocenters. The minimum absolute atomic E-state index is 0.522. The van der Waals surface area contributed by atoms with Crippen LogP contribution < -0.4 is 5.32 Å². The second kappa shape index (κ2) is 5.24. The fraction of sp³-hybridized carbons (Fsp3) is 0.200. The van der Waals surface area contributed by atoms with Gasteiger partial charge >= 0.3 is 0 Å². The van der Waals surface area contributed by atoms with Crippen LogP contribution in [0.25, 0.3) is 0 Å². The van der Waals surface area contributed by atoms with Gasteiger partial charge in [-0.15, -0.1) is 11.6 Å². The molecule has 0 atom stereocenters. The monoisotopic (exact) mass is 245 g/mol. The smallest absolute Gasteiger partial charge is 0.0494 e. The predicted octanol–water partition coefficient (Wildman–Crippen LogP) is 4.79. The molecule has 1 N–H and O–H groups in total. The van der Waals surface area contributed by atoms with Crippen molar-refractivity contribution in [3.8, 4) is 0 Å². The molecule has 17 heavy (non-hydrogen) atoms. The van der Waals surface area contributed by atoms with Gasteiger partial charge in [0.05, 0.1) is 0 Å². The standard InChI is InChI=1S/C15H16ClN/c1-11-6-5-9-14(12(11)2)17-15-8-4-3-7-13(15)10-16/h3-9,17H,10H2,1-2H3. The average Bonchev–Trinajstić information content (AvgIpc) is 2.35. The van der Waals surface area contributed by atoms with Crippen LogP contribution in [0, 0.1) is 13.8 Å². The van der Waals surface area contributed by atoms with E-state index < -0.39 is 0 Å². The number of halogens is 1. The van der Waals surface area contributed by atoms with Crippen molar-refractivity contribution in [2.24, 2.45) is 0 Å². The van der Waals surface area contributed by atoms with Crippen molar-refractivity contribution in [3.05, 3.63) is 59.2 Å². The van der Waals surface area contributed by atoms with Crippen LogP contribution in [0.5, 0.6) is 0 Å². The van der Waals surface area contributed by atoms with Crippen LogP contribution in [-0.2, 0) is 5.88 Å². The lowest BCUT2D eigenvalue weighted by atomic mass is 10.1. The Morgan fingerprint density at radius 1 is 0.941 bits per heavy atom. The van der Waals surface area contributed by atoms with Crippen molar-refractivity contribution in [2.45, 2.75) is 19.7 Å². The molecular weight excluding hydrogens is 230 g/mol. The van der Waals surface area contributed by atoms with Crippen LogP contribution in [0.3, 0.4) is 0 Å². The van der Waals surface area contributed by atoms with Gasteiger partial charge in [0.25, 0.3) is 0 Å². The van der Waals surface area contributed by atoms with E-state index in [1.54, 1.807) is 0 Å². The lowest BCUT2D eigenvalue weighted by Crippen LogP contribution is -1.97. The Kier molecular flexibility index (Phi) is 3.70. The average molecular weight is 246 g/mol. The van der Waals surface area contributed by atoms with Gasteiger partial charge in [-0.1, -0.05) is 30.3 Å². The Hall–Kier alpha value is -1.47. The van der Waals surface area contributed by atoms with Crippen molar-refractivity contribution in [1.29, 1.82) is 0 Å². The van der Waals surface area contributed by atoms with Gasteiger partial charge in [0, 0.05) is 17.3 Å². The summed E-state index contributed by atoms with van der Waals surface area (Å²) in [5.41, 5.74) is 5.91. The highest BCUT2D eigenvalue weighted by Crippen LogP contribution is 2.25. The molecule has 0 heterocycles. The summed E-state index contributed by atoms with van der Waals surface area (Å²) in [5, 5.41) is 3.45. The molecule has 0 saturated heterocycles. The fourth-order valence-corrected chi connectivity index (χ4v) is 2.02. The number of rotatable bonds is 3. The number of aryl methyl sites for hydroxylation is 1. The zero-order valence-corrected chi connectivity index (χ0v) is 10.9. The molecule has 0 radical (unpaired) electrons. The SMILES string of the molecule is Cc1cccc(Nc2ccccc2CCl)c1C. The van der Waals surface area contributed by atoms with E-state index in [1.807, 2.05) is 18.2 Å². The normalized spacial score (nSPS) is 10.3. The first kappa shape index (κ1) is 12.0. The van der Waals surface area contributed by atoms with E-state index >= 15 is 0 Å². The highest BCUT2D eigenvalue weighted by molar-refractivity contribution is 6.17. The molecule has 0 aromatic heterocycles. The van der Waals surface area contributed by atoms with E-state index in [2.05, 4.69) is 43.4 Å². The largest absolute Gasteiger partial charge is 0.355 e. The van der Waals surface area contributed by atoms with Gasteiger partial charge < -0.3 is 5.32 Å². The van der Waals surface area contributed by atoms with Gasteiger partial charge in [-0.3, -0.25) is 0 Å². The van der Waals surface area contributed by atoms with Crippen LogP contribution in [0.15, 0.2) is 42.5 Å². The summed E-state index contributed by atoms with van der Waals surface area (Å²) in [6, 6.07) is 14.4. The number of hydrogen-bond acceptors (Lipinski definition) is 1. The Bertz CT molecular complexity index is 520. The number of hydrogen-bond donors (Lipinski definition) is 1. The summed E-state index contributed by atoms with van der Waals surface area (Å²) in [7, 11) is 0. The van der Waals surface area contributed by atoms with E-state index in [0.717, 1.165) is 16.9 Å². The molecule has 1 nitrogen and oxygen atoms in total.